The van der Waals surface area contributed by atoms with Crippen LogP contribution in [0.1, 0.15) is 19.3 Å². The summed E-state index contributed by atoms with van der Waals surface area (Å²) in [5.41, 5.74) is 1.49. The van der Waals surface area contributed by atoms with E-state index in [-0.39, 0.29) is 11.8 Å². The van der Waals surface area contributed by atoms with Crippen molar-refractivity contribution in [1.82, 2.24) is 15.2 Å². The zero-order chi connectivity index (χ0) is 15.5. The number of nitrogens with zero attached hydrogens (tertiary/aromatic N) is 2. The fourth-order valence-corrected chi connectivity index (χ4v) is 2.78. The lowest BCUT2D eigenvalue weighted by atomic mass is 10.0. The van der Waals surface area contributed by atoms with Gasteiger partial charge in [0.15, 0.2) is 5.82 Å². The molecule has 3 N–H and O–H groups in total. The summed E-state index contributed by atoms with van der Waals surface area (Å²) in [6.07, 6.45) is 3.00. The number of nitrogens with one attached hydrogen (secondary N) is 2. The first-order valence-corrected chi connectivity index (χ1v) is 7.13. The highest BCUT2D eigenvalue weighted by atomic mass is 16.4. The van der Waals surface area contributed by atoms with Gasteiger partial charge in [0.1, 0.15) is 6.33 Å². The first-order valence-electron chi connectivity index (χ1n) is 7.13. The molecule has 7 nitrogen and oxygen atoms in total. The quantitative estimate of drug-likeness (QED) is 0.799. The van der Waals surface area contributed by atoms with Crippen molar-refractivity contribution in [2.75, 3.05) is 5.32 Å². The third-order valence-electron chi connectivity index (χ3n) is 3.97. The zero-order valence-electron chi connectivity index (χ0n) is 11.8. The molecule has 2 atom stereocenters. The maximum Gasteiger partial charge on any atom is 0.306 e. The van der Waals surface area contributed by atoms with Crippen LogP contribution < -0.4 is 5.32 Å². The van der Waals surface area contributed by atoms with E-state index in [0.717, 1.165) is 5.56 Å². The number of carbonyl (C=O) groups excluding carboxylic acids is 1. The largest absolute Gasteiger partial charge is 0.481 e. The number of aromatic amines is 1. The number of benzene rings is 1. The maximum atomic E-state index is 12.2. The molecular weight excluding hydrogens is 284 g/mol. The third-order valence-corrected chi connectivity index (χ3v) is 3.97. The fourth-order valence-electron chi connectivity index (χ4n) is 2.78. The van der Waals surface area contributed by atoms with Crippen LogP contribution in [0.4, 0.5) is 5.69 Å². The van der Waals surface area contributed by atoms with Gasteiger partial charge in [0, 0.05) is 17.2 Å². The van der Waals surface area contributed by atoms with Gasteiger partial charge in [0.05, 0.1) is 5.92 Å². The molecule has 1 fully saturated rings. The van der Waals surface area contributed by atoms with Gasteiger partial charge in [-0.2, -0.15) is 5.10 Å². The van der Waals surface area contributed by atoms with Gasteiger partial charge in [-0.15, -0.1) is 0 Å². The molecule has 0 spiro atoms. The highest BCUT2D eigenvalue weighted by Crippen LogP contribution is 2.32. The van der Waals surface area contributed by atoms with E-state index in [4.69, 9.17) is 5.11 Å². The van der Waals surface area contributed by atoms with Crippen LogP contribution in [0.3, 0.4) is 0 Å². The Morgan fingerprint density at radius 1 is 1.27 bits per heavy atom. The van der Waals surface area contributed by atoms with Crippen LogP contribution >= 0.6 is 0 Å². The molecule has 1 heterocycles. The summed E-state index contributed by atoms with van der Waals surface area (Å²) >= 11 is 0. The zero-order valence-corrected chi connectivity index (χ0v) is 11.8. The van der Waals surface area contributed by atoms with E-state index in [0.29, 0.717) is 30.8 Å². The maximum absolute atomic E-state index is 12.2. The fraction of sp³-hybridized carbons (Fsp3) is 0.333. The van der Waals surface area contributed by atoms with Crippen LogP contribution in [-0.4, -0.2) is 32.2 Å². The van der Waals surface area contributed by atoms with Gasteiger partial charge in [-0.3, -0.25) is 14.7 Å². The van der Waals surface area contributed by atoms with Crippen LogP contribution in [0.15, 0.2) is 30.6 Å². The van der Waals surface area contributed by atoms with Crippen molar-refractivity contribution >= 4 is 17.6 Å². The number of H-pyrrole nitrogens is 1. The summed E-state index contributed by atoms with van der Waals surface area (Å²) in [6, 6.07) is 7.29. The monoisotopic (exact) mass is 300 g/mol. The highest BCUT2D eigenvalue weighted by molar-refractivity contribution is 5.93. The van der Waals surface area contributed by atoms with Crippen molar-refractivity contribution in [3.05, 3.63) is 30.6 Å². The number of carbonyl (C=O) groups is 2. The van der Waals surface area contributed by atoms with Crippen molar-refractivity contribution in [3.63, 3.8) is 0 Å². The number of aliphatic carboxylic acids is 1. The Hall–Kier alpha value is -2.70. The summed E-state index contributed by atoms with van der Waals surface area (Å²) in [4.78, 5) is 27.3. The highest BCUT2D eigenvalue weighted by Gasteiger charge is 2.33. The molecule has 0 aliphatic heterocycles. The molecular formula is C15H16N4O3. The molecule has 0 radical (unpaired) electrons. The number of carboxylic acids is 1. The van der Waals surface area contributed by atoms with Crippen LogP contribution in [0.2, 0.25) is 0 Å². The molecule has 0 bridgehead atoms. The lowest BCUT2D eigenvalue weighted by Gasteiger charge is -2.11. The molecule has 22 heavy (non-hydrogen) atoms. The summed E-state index contributed by atoms with van der Waals surface area (Å²) in [5.74, 6) is -0.963. The summed E-state index contributed by atoms with van der Waals surface area (Å²) in [5, 5.41) is 18.4. The van der Waals surface area contributed by atoms with E-state index in [1.54, 1.807) is 6.07 Å². The minimum absolute atomic E-state index is 0.126. The molecule has 7 heteroatoms. The summed E-state index contributed by atoms with van der Waals surface area (Å²) < 4.78 is 0. The van der Waals surface area contributed by atoms with Crippen molar-refractivity contribution in [3.8, 4) is 11.4 Å². The van der Waals surface area contributed by atoms with Gasteiger partial charge in [-0.05, 0) is 31.4 Å². The minimum Gasteiger partial charge on any atom is -0.481 e. The second kappa shape index (κ2) is 5.97. The Balaban J connectivity index is 1.67. The van der Waals surface area contributed by atoms with E-state index in [9.17, 15) is 9.59 Å². The van der Waals surface area contributed by atoms with Crippen molar-refractivity contribution < 1.29 is 14.7 Å². The van der Waals surface area contributed by atoms with E-state index < -0.39 is 11.9 Å². The van der Waals surface area contributed by atoms with Gasteiger partial charge in [-0.25, -0.2) is 4.98 Å². The molecule has 1 aliphatic rings. The molecule has 2 aromatic rings. The molecule has 114 valence electrons. The second-order valence-electron chi connectivity index (χ2n) is 5.45. The molecule has 1 aromatic carbocycles. The third kappa shape index (κ3) is 2.98. The molecule has 0 saturated heterocycles. The Morgan fingerprint density at radius 3 is 2.77 bits per heavy atom. The van der Waals surface area contributed by atoms with Crippen LogP contribution in [0, 0.1) is 11.8 Å². The number of hydrogen-bond donors (Lipinski definition) is 3. The predicted octanol–water partition coefficient (Wildman–Crippen LogP) is 1.91. The molecule has 3 rings (SSSR count). The number of rotatable bonds is 4. The number of anilines is 1. The summed E-state index contributed by atoms with van der Waals surface area (Å²) in [7, 11) is 0. The lowest BCUT2D eigenvalue weighted by Crippen LogP contribution is -2.21. The molecule has 1 saturated carbocycles. The molecule has 1 aliphatic carbocycles. The van der Waals surface area contributed by atoms with Gasteiger partial charge in [-0.1, -0.05) is 12.1 Å². The van der Waals surface area contributed by atoms with Crippen molar-refractivity contribution in [2.24, 2.45) is 11.8 Å². The summed E-state index contributed by atoms with van der Waals surface area (Å²) in [6.45, 7) is 0. The minimum atomic E-state index is -0.817. The van der Waals surface area contributed by atoms with Gasteiger partial charge >= 0.3 is 5.97 Å². The Morgan fingerprint density at radius 2 is 2.09 bits per heavy atom. The number of amides is 1. The second-order valence-corrected chi connectivity index (χ2v) is 5.45. The average molecular weight is 300 g/mol. The van der Waals surface area contributed by atoms with Crippen molar-refractivity contribution in [2.45, 2.75) is 19.3 Å². The first-order chi connectivity index (χ1) is 10.6. The number of carboxylic acid groups (broad SMARTS) is 1. The van der Waals surface area contributed by atoms with E-state index in [2.05, 4.69) is 20.5 Å². The number of aromatic nitrogens is 3. The SMILES string of the molecule is O=C(O)[C@@H]1CC[C@H](C(=O)Nc2cccc(-c3ncn[nH]3)c2)C1. The van der Waals surface area contributed by atoms with Crippen molar-refractivity contribution in [1.29, 1.82) is 0 Å². The van der Waals surface area contributed by atoms with E-state index in [1.165, 1.54) is 6.33 Å². The van der Waals surface area contributed by atoms with Crippen LogP contribution in [0.5, 0.6) is 0 Å². The topological polar surface area (TPSA) is 108 Å². The lowest BCUT2D eigenvalue weighted by molar-refractivity contribution is -0.141. The van der Waals surface area contributed by atoms with Gasteiger partial charge in [0.2, 0.25) is 5.91 Å². The number of hydrogen-bond acceptors (Lipinski definition) is 4. The van der Waals surface area contributed by atoms with Crippen LogP contribution in [-0.2, 0) is 9.59 Å². The molecule has 1 aromatic heterocycles. The predicted molar refractivity (Wildman–Crippen MR) is 78.9 cm³/mol. The Labute approximate surface area is 126 Å². The van der Waals surface area contributed by atoms with E-state index in [1.807, 2.05) is 18.2 Å². The molecule has 0 unspecified atom stereocenters. The van der Waals surface area contributed by atoms with E-state index >= 15 is 0 Å². The normalized spacial score (nSPS) is 20.7. The average Bonchev–Trinajstić information content (AvgIpc) is 3.19. The molecule has 1 amide bonds. The van der Waals surface area contributed by atoms with Gasteiger partial charge < -0.3 is 10.4 Å². The Bertz CT molecular complexity index is 684. The first kappa shape index (κ1) is 14.2. The van der Waals surface area contributed by atoms with Gasteiger partial charge in [0.25, 0.3) is 0 Å². The Kier molecular flexibility index (Phi) is 3.86. The smallest absolute Gasteiger partial charge is 0.306 e. The van der Waals surface area contributed by atoms with Crippen LogP contribution in [0.25, 0.3) is 11.4 Å². The standard InChI is InChI=1S/C15H16N4O3/c20-14(10-4-5-11(6-10)15(21)22)18-12-3-1-2-9(7-12)13-16-8-17-19-13/h1-3,7-8,10-11H,4-6H2,(H,18,20)(H,21,22)(H,16,17,19)/t10-,11+/m0/s1.